The molecule has 172 valence electrons. The number of aliphatic imine (C=N–C) groups is 1. The second kappa shape index (κ2) is 11.8. The van der Waals surface area contributed by atoms with E-state index in [1.807, 2.05) is 47.4 Å². The SMILES string of the molecule is CN=C(NCc1ccc(N2CCOCC2)c(F)c1)NCC(O)c1cc2ccccc2s1.I. The van der Waals surface area contributed by atoms with Crippen LogP contribution in [-0.4, -0.2) is 51.0 Å². The van der Waals surface area contributed by atoms with Gasteiger partial charge >= 0.3 is 0 Å². The van der Waals surface area contributed by atoms with E-state index in [0.717, 1.165) is 20.5 Å². The molecular weight excluding hydrogens is 542 g/mol. The summed E-state index contributed by atoms with van der Waals surface area (Å²) in [7, 11) is 1.67. The fourth-order valence-electron chi connectivity index (χ4n) is 3.59. The van der Waals surface area contributed by atoms with Gasteiger partial charge < -0.3 is 25.4 Å². The van der Waals surface area contributed by atoms with E-state index in [0.29, 0.717) is 51.0 Å². The maximum absolute atomic E-state index is 14.6. The van der Waals surface area contributed by atoms with Crippen molar-refractivity contribution in [2.45, 2.75) is 12.6 Å². The lowest BCUT2D eigenvalue weighted by atomic mass is 10.1. The third-order valence-electron chi connectivity index (χ3n) is 5.28. The van der Waals surface area contributed by atoms with Crippen LogP contribution in [0.3, 0.4) is 0 Å². The molecule has 0 saturated carbocycles. The van der Waals surface area contributed by atoms with E-state index in [-0.39, 0.29) is 29.8 Å². The fraction of sp³-hybridized carbons (Fsp3) is 0.348. The number of halogens is 2. The minimum absolute atomic E-state index is 0. The summed E-state index contributed by atoms with van der Waals surface area (Å²) in [5.74, 6) is 0.321. The largest absolute Gasteiger partial charge is 0.386 e. The van der Waals surface area contributed by atoms with Crippen molar-refractivity contribution >= 4 is 57.0 Å². The predicted octanol–water partition coefficient (Wildman–Crippen LogP) is 3.89. The van der Waals surface area contributed by atoms with Crippen molar-refractivity contribution in [3.63, 3.8) is 0 Å². The summed E-state index contributed by atoms with van der Waals surface area (Å²) in [4.78, 5) is 7.11. The van der Waals surface area contributed by atoms with Crippen molar-refractivity contribution in [2.24, 2.45) is 4.99 Å². The van der Waals surface area contributed by atoms with Crippen molar-refractivity contribution < 1.29 is 14.2 Å². The van der Waals surface area contributed by atoms with Gasteiger partial charge in [0.2, 0.25) is 0 Å². The van der Waals surface area contributed by atoms with Crippen LogP contribution in [0.4, 0.5) is 10.1 Å². The predicted molar refractivity (Wildman–Crippen MR) is 140 cm³/mol. The summed E-state index contributed by atoms with van der Waals surface area (Å²) in [6.45, 7) is 3.41. The Hall–Kier alpha value is -1.95. The zero-order valence-corrected chi connectivity index (χ0v) is 21.0. The topological polar surface area (TPSA) is 69.1 Å². The number of aliphatic hydroxyl groups is 1. The van der Waals surface area contributed by atoms with Crippen LogP contribution in [0, 0.1) is 5.82 Å². The van der Waals surface area contributed by atoms with Gasteiger partial charge in [-0.1, -0.05) is 24.3 Å². The molecule has 0 spiro atoms. The zero-order chi connectivity index (χ0) is 21.6. The molecule has 1 atom stereocenters. The highest BCUT2D eigenvalue weighted by Crippen LogP contribution is 2.29. The van der Waals surface area contributed by atoms with E-state index in [1.165, 1.54) is 0 Å². The Balaban J connectivity index is 0.00000289. The molecule has 1 unspecified atom stereocenters. The molecule has 6 nitrogen and oxygen atoms in total. The molecule has 0 amide bonds. The lowest BCUT2D eigenvalue weighted by Crippen LogP contribution is -2.39. The van der Waals surface area contributed by atoms with Gasteiger partial charge in [0.15, 0.2) is 5.96 Å². The molecule has 0 bridgehead atoms. The van der Waals surface area contributed by atoms with Gasteiger partial charge in [-0.15, -0.1) is 35.3 Å². The minimum Gasteiger partial charge on any atom is -0.386 e. The number of hydrogen-bond acceptors (Lipinski definition) is 5. The average molecular weight is 570 g/mol. The molecule has 0 radical (unpaired) electrons. The summed E-state index contributed by atoms with van der Waals surface area (Å²) >= 11 is 1.59. The fourth-order valence-corrected chi connectivity index (χ4v) is 4.64. The number of anilines is 1. The van der Waals surface area contributed by atoms with Gasteiger partial charge in [-0.05, 0) is 35.2 Å². The van der Waals surface area contributed by atoms with Crippen molar-refractivity contribution in [1.82, 2.24) is 10.6 Å². The van der Waals surface area contributed by atoms with Crippen molar-refractivity contribution in [3.8, 4) is 0 Å². The summed E-state index contributed by atoms with van der Waals surface area (Å²) < 4.78 is 21.1. The Morgan fingerprint density at radius 2 is 1.97 bits per heavy atom. The number of fused-ring (bicyclic) bond motifs is 1. The Morgan fingerprint density at radius 3 is 2.69 bits per heavy atom. The van der Waals surface area contributed by atoms with Crippen molar-refractivity contribution in [2.75, 3.05) is 44.8 Å². The molecule has 1 saturated heterocycles. The number of aliphatic hydroxyl groups excluding tert-OH is 1. The number of nitrogens with one attached hydrogen (secondary N) is 2. The normalized spacial score (nSPS) is 15.3. The van der Waals surface area contributed by atoms with Gasteiger partial charge in [-0.2, -0.15) is 0 Å². The van der Waals surface area contributed by atoms with Crippen LogP contribution in [-0.2, 0) is 11.3 Å². The number of morpholine rings is 1. The zero-order valence-electron chi connectivity index (χ0n) is 17.9. The summed E-state index contributed by atoms with van der Waals surface area (Å²) in [5, 5.41) is 18.0. The first-order valence-electron chi connectivity index (χ1n) is 10.4. The summed E-state index contributed by atoms with van der Waals surface area (Å²) in [6, 6.07) is 15.4. The highest BCUT2D eigenvalue weighted by Gasteiger charge is 2.16. The van der Waals surface area contributed by atoms with Crippen molar-refractivity contribution in [1.29, 1.82) is 0 Å². The number of nitrogens with zero attached hydrogens (tertiary/aromatic N) is 2. The first-order valence-corrected chi connectivity index (χ1v) is 11.2. The molecule has 3 aromatic rings. The molecule has 3 N–H and O–H groups in total. The van der Waals surface area contributed by atoms with Crippen LogP contribution >= 0.6 is 35.3 Å². The molecule has 1 fully saturated rings. The Morgan fingerprint density at radius 1 is 1.19 bits per heavy atom. The smallest absolute Gasteiger partial charge is 0.191 e. The summed E-state index contributed by atoms with van der Waals surface area (Å²) in [5.41, 5.74) is 1.43. The van der Waals surface area contributed by atoms with Gasteiger partial charge in [-0.25, -0.2) is 4.39 Å². The van der Waals surface area contributed by atoms with E-state index in [1.54, 1.807) is 24.5 Å². The molecule has 4 rings (SSSR count). The van der Waals surface area contributed by atoms with Crippen LogP contribution in [0.1, 0.15) is 16.5 Å². The number of benzene rings is 2. The van der Waals surface area contributed by atoms with Gasteiger partial charge in [0.25, 0.3) is 0 Å². The number of guanidine groups is 1. The first-order chi connectivity index (χ1) is 15.1. The molecule has 2 heterocycles. The number of thiophene rings is 1. The monoisotopic (exact) mass is 570 g/mol. The number of hydrogen-bond donors (Lipinski definition) is 3. The van der Waals surface area contributed by atoms with Crippen LogP contribution in [0.5, 0.6) is 0 Å². The summed E-state index contributed by atoms with van der Waals surface area (Å²) in [6.07, 6.45) is -0.638. The van der Waals surface area contributed by atoms with Crippen LogP contribution in [0.25, 0.3) is 10.1 Å². The Kier molecular flexibility index (Phi) is 9.09. The molecule has 9 heteroatoms. The Labute approximate surface area is 208 Å². The number of rotatable bonds is 6. The van der Waals surface area contributed by atoms with Gasteiger partial charge in [-0.3, -0.25) is 4.99 Å². The van der Waals surface area contributed by atoms with Gasteiger partial charge in [0.1, 0.15) is 11.9 Å². The molecule has 0 aliphatic carbocycles. The molecule has 1 aliphatic heterocycles. The third-order valence-corrected chi connectivity index (χ3v) is 6.50. The first kappa shape index (κ1) is 24.7. The quantitative estimate of drug-likeness (QED) is 0.239. The van der Waals surface area contributed by atoms with Gasteiger partial charge in [0, 0.05) is 42.8 Å². The maximum Gasteiger partial charge on any atom is 0.191 e. The van der Waals surface area contributed by atoms with E-state index >= 15 is 0 Å². The lowest BCUT2D eigenvalue weighted by molar-refractivity contribution is 0.122. The van der Waals surface area contributed by atoms with E-state index < -0.39 is 6.10 Å². The lowest BCUT2D eigenvalue weighted by Gasteiger charge is -2.29. The van der Waals surface area contributed by atoms with E-state index in [9.17, 15) is 9.50 Å². The van der Waals surface area contributed by atoms with Crippen molar-refractivity contribution in [3.05, 3.63) is 64.8 Å². The molecule has 2 aromatic carbocycles. The molecule has 1 aromatic heterocycles. The maximum atomic E-state index is 14.6. The average Bonchev–Trinajstić information content (AvgIpc) is 3.24. The highest BCUT2D eigenvalue weighted by atomic mass is 127. The number of ether oxygens (including phenoxy) is 1. The highest BCUT2D eigenvalue weighted by molar-refractivity contribution is 14.0. The van der Waals surface area contributed by atoms with E-state index in [4.69, 9.17) is 4.74 Å². The second-order valence-electron chi connectivity index (χ2n) is 7.39. The molecule has 32 heavy (non-hydrogen) atoms. The Bertz CT molecular complexity index is 1020. The third kappa shape index (κ3) is 6.09. The van der Waals surface area contributed by atoms with Crippen LogP contribution < -0.4 is 15.5 Å². The standard InChI is InChI=1S/C23H27FN4O2S.HI/c1-25-23(27-15-20(29)22-13-17-4-2-3-5-21(17)31-22)26-14-16-6-7-19(18(24)12-16)28-8-10-30-11-9-28;/h2-7,12-13,20,29H,8-11,14-15H2,1H3,(H2,25,26,27);1H. The minimum atomic E-state index is -0.638. The van der Waals surface area contributed by atoms with Crippen LogP contribution in [0.2, 0.25) is 0 Å². The molecule has 1 aliphatic rings. The molecular formula is C23H28FIN4O2S. The van der Waals surface area contributed by atoms with E-state index in [2.05, 4.69) is 15.6 Å². The van der Waals surface area contributed by atoms with Crippen LogP contribution in [0.15, 0.2) is 53.5 Å². The second-order valence-corrected chi connectivity index (χ2v) is 8.51. The van der Waals surface area contributed by atoms with Gasteiger partial charge in [0.05, 0.1) is 18.9 Å².